The molecule has 1 amide bonds. The first-order chi connectivity index (χ1) is 9.65. The van der Waals surface area contributed by atoms with Crippen LogP contribution in [0.3, 0.4) is 0 Å². The molecule has 0 spiro atoms. The summed E-state index contributed by atoms with van der Waals surface area (Å²) in [6, 6.07) is 3.71. The molecule has 1 fully saturated rings. The lowest BCUT2D eigenvalue weighted by Gasteiger charge is -2.22. The largest absolute Gasteiger partial charge is 0.495 e. The summed E-state index contributed by atoms with van der Waals surface area (Å²) < 4.78 is 11.2. The fourth-order valence-electron chi connectivity index (χ4n) is 2.11. The summed E-state index contributed by atoms with van der Waals surface area (Å²) in [5, 5.41) is 3.08. The Bertz CT molecular complexity index is 464. The van der Waals surface area contributed by atoms with Crippen LogP contribution in [0.1, 0.15) is 23.2 Å². The van der Waals surface area contributed by atoms with Crippen molar-refractivity contribution in [2.24, 2.45) is 0 Å². The van der Waals surface area contributed by atoms with Gasteiger partial charge in [0.1, 0.15) is 16.0 Å². The number of thioether (sulfide) groups is 1. The van der Waals surface area contributed by atoms with Gasteiger partial charge in [-0.3, -0.25) is 4.79 Å². The number of carbonyl (C=O) groups excluding carboxylic acids is 1. The van der Waals surface area contributed by atoms with Crippen LogP contribution in [0.2, 0.25) is 0 Å². The molecule has 0 bridgehead atoms. The Balaban J connectivity index is 2.16. The standard InChI is InChI=1S/C14H18BrNO3S/c1-18-11-7-9(8-12(19-2)13(11)15)14(17)16-10-3-5-20-6-4-10/h7-8,10H,3-6H2,1-2H3,(H,16,17). The Kier molecular flexibility index (Phi) is 5.60. The van der Waals surface area contributed by atoms with Crippen molar-refractivity contribution in [1.82, 2.24) is 5.32 Å². The third-order valence-corrected chi connectivity index (χ3v) is 5.09. The number of hydrogen-bond donors (Lipinski definition) is 1. The van der Waals surface area contributed by atoms with Crippen molar-refractivity contribution in [3.63, 3.8) is 0 Å². The van der Waals surface area contributed by atoms with Gasteiger partial charge in [0.05, 0.1) is 14.2 Å². The summed E-state index contributed by atoms with van der Waals surface area (Å²) in [5.41, 5.74) is 0.556. The maximum Gasteiger partial charge on any atom is 0.251 e. The highest BCUT2D eigenvalue weighted by molar-refractivity contribution is 9.10. The van der Waals surface area contributed by atoms with Gasteiger partial charge >= 0.3 is 0 Å². The average Bonchev–Trinajstić information content (AvgIpc) is 2.48. The molecule has 110 valence electrons. The van der Waals surface area contributed by atoms with E-state index in [0.717, 1.165) is 24.3 Å². The van der Waals surface area contributed by atoms with Gasteiger partial charge in [0.25, 0.3) is 5.91 Å². The van der Waals surface area contributed by atoms with Gasteiger partial charge in [0.15, 0.2) is 0 Å². The van der Waals surface area contributed by atoms with E-state index in [1.165, 1.54) is 0 Å². The van der Waals surface area contributed by atoms with Crippen molar-refractivity contribution in [2.75, 3.05) is 25.7 Å². The molecule has 20 heavy (non-hydrogen) atoms. The number of halogens is 1. The summed E-state index contributed by atoms with van der Waals surface area (Å²) in [6.07, 6.45) is 2.06. The van der Waals surface area contributed by atoms with Crippen molar-refractivity contribution in [1.29, 1.82) is 0 Å². The van der Waals surface area contributed by atoms with Gasteiger partial charge in [-0.2, -0.15) is 11.8 Å². The van der Waals surface area contributed by atoms with Crippen LogP contribution in [-0.4, -0.2) is 37.7 Å². The van der Waals surface area contributed by atoms with Crippen LogP contribution in [0.4, 0.5) is 0 Å². The van der Waals surface area contributed by atoms with E-state index >= 15 is 0 Å². The fraction of sp³-hybridized carbons (Fsp3) is 0.500. The molecule has 0 saturated carbocycles. The number of methoxy groups -OCH3 is 2. The molecule has 1 saturated heterocycles. The predicted octanol–water partition coefficient (Wildman–Crippen LogP) is 3.09. The number of carbonyl (C=O) groups is 1. The lowest BCUT2D eigenvalue weighted by molar-refractivity contribution is 0.0934. The molecule has 0 aromatic heterocycles. The van der Waals surface area contributed by atoms with Crippen LogP contribution in [-0.2, 0) is 0 Å². The van der Waals surface area contributed by atoms with Gasteiger partial charge in [-0.15, -0.1) is 0 Å². The zero-order chi connectivity index (χ0) is 14.5. The zero-order valence-electron chi connectivity index (χ0n) is 11.6. The van der Waals surface area contributed by atoms with Gasteiger partial charge in [0, 0.05) is 11.6 Å². The second kappa shape index (κ2) is 7.22. The first-order valence-corrected chi connectivity index (χ1v) is 8.40. The number of nitrogens with one attached hydrogen (secondary N) is 1. The van der Waals surface area contributed by atoms with Crippen molar-refractivity contribution < 1.29 is 14.3 Å². The molecule has 1 aliphatic rings. The summed E-state index contributed by atoms with van der Waals surface area (Å²) in [6.45, 7) is 0. The maximum absolute atomic E-state index is 12.3. The lowest BCUT2D eigenvalue weighted by atomic mass is 10.1. The highest BCUT2D eigenvalue weighted by Crippen LogP contribution is 2.35. The van der Waals surface area contributed by atoms with E-state index in [1.54, 1.807) is 26.4 Å². The molecular weight excluding hydrogens is 342 g/mol. The van der Waals surface area contributed by atoms with Crippen molar-refractivity contribution in [2.45, 2.75) is 18.9 Å². The second-order valence-electron chi connectivity index (χ2n) is 4.55. The first-order valence-electron chi connectivity index (χ1n) is 6.46. The Morgan fingerprint density at radius 2 is 1.80 bits per heavy atom. The van der Waals surface area contributed by atoms with E-state index in [1.807, 2.05) is 11.8 Å². The third-order valence-electron chi connectivity index (χ3n) is 3.26. The van der Waals surface area contributed by atoms with E-state index in [9.17, 15) is 4.79 Å². The lowest BCUT2D eigenvalue weighted by Crippen LogP contribution is -2.37. The molecule has 1 aromatic rings. The van der Waals surface area contributed by atoms with Crippen LogP contribution in [0.15, 0.2) is 16.6 Å². The van der Waals surface area contributed by atoms with Crippen molar-refractivity contribution >= 4 is 33.6 Å². The van der Waals surface area contributed by atoms with E-state index in [-0.39, 0.29) is 11.9 Å². The minimum atomic E-state index is -0.0778. The Labute approximate surface area is 131 Å². The summed E-state index contributed by atoms with van der Waals surface area (Å²) in [4.78, 5) is 12.3. The fourth-order valence-corrected chi connectivity index (χ4v) is 3.77. The van der Waals surface area contributed by atoms with E-state index < -0.39 is 0 Å². The second-order valence-corrected chi connectivity index (χ2v) is 6.57. The van der Waals surface area contributed by atoms with Gasteiger partial charge in [-0.05, 0) is 52.4 Å². The van der Waals surface area contributed by atoms with E-state index in [4.69, 9.17) is 9.47 Å². The monoisotopic (exact) mass is 359 g/mol. The molecule has 0 radical (unpaired) electrons. The minimum absolute atomic E-state index is 0.0778. The highest BCUT2D eigenvalue weighted by atomic mass is 79.9. The van der Waals surface area contributed by atoms with Crippen molar-refractivity contribution in [3.05, 3.63) is 22.2 Å². The smallest absolute Gasteiger partial charge is 0.251 e. The molecule has 4 nitrogen and oxygen atoms in total. The van der Waals surface area contributed by atoms with Crippen LogP contribution in [0, 0.1) is 0 Å². The summed E-state index contributed by atoms with van der Waals surface area (Å²) in [7, 11) is 3.14. The average molecular weight is 360 g/mol. The normalized spacial score (nSPS) is 15.8. The number of amides is 1. The van der Waals surface area contributed by atoms with Gasteiger partial charge < -0.3 is 14.8 Å². The van der Waals surface area contributed by atoms with Gasteiger partial charge in [-0.1, -0.05) is 0 Å². The highest BCUT2D eigenvalue weighted by Gasteiger charge is 2.19. The molecule has 2 rings (SSSR count). The van der Waals surface area contributed by atoms with Crippen LogP contribution >= 0.6 is 27.7 Å². The molecule has 6 heteroatoms. The molecule has 0 atom stereocenters. The van der Waals surface area contributed by atoms with Gasteiger partial charge in [-0.25, -0.2) is 0 Å². The zero-order valence-corrected chi connectivity index (χ0v) is 14.0. The van der Waals surface area contributed by atoms with E-state index in [2.05, 4.69) is 21.2 Å². The number of hydrogen-bond acceptors (Lipinski definition) is 4. The maximum atomic E-state index is 12.3. The Morgan fingerprint density at radius 3 is 2.30 bits per heavy atom. The van der Waals surface area contributed by atoms with Crippen LogP contribution in [0.25, 0.3) is 0 Å². The Morgan fingerprint density at radius 1 is 1.25 bits per heavy atom. The number of ether oxygens (including phenoxy) is 2. The predicted molar refractivity (Wildman–Crippen MR) is 85.1 cm³/mol. The molecule has 1 N–H and O–H groups in total. The number of rotatable bonds is 4. The molecule has 1 heterocycles. The SMILES string of the molecule is COc1cc(C(=O)NC2CCSCC2)cc(OC)c1Br. The first kappa shape index (κ1) is 15.5. The molecule has 1 aliphatic heterocycles. The summed E-state index contributed by atoms with van der Waals surface area (Å²) in [5.74, 6) is 3.32. The van der Waals surface area contributed by atoms with Crippen LogP contribution in [0.5, 0.6) is 11.5 Å². The minimum Gasteiger partial charge on any atom is -0.495 e. The van der Waals surface area contributed by atoms with Crippen LogP contribution < -0.4 is 14.8 Å². The Hall–Kier alpha value is -0.880. The molecule has 0 aliphatic carbocycles. The quantitative estimate of drug-likeness (QED) is 0.897. The third kappa shape index (κ3) is 3.61. The topological polar surface area (TPSA) is 47.6 Å². The molecule has 1 aromatic carbocycles. The summed E-state index contributed by atoms with van der Waals surface area (Å²) >= 11 is 5.34. The molecular formula is C14H18BrNO3S. The van der Waals surface area contributed by atoms with Gasteiger partial charge in [0.2, 0.25) is 0 Å². The van der Waals surface area contributed by atoms with E-state index in [0.29, 0.717) is 21.5 Å². The molecule has 0 unspecified atom stereocenters. The van der Waals surface area contributed by atoms with Crippen molar-refractivity contribution in [3.8, 4) is 11.5 Å². The number of benzene rings is 1.